The van der Waals surface area contributed by atoms with Crippen molar-refractivity contribution in [2.24, 2.45) is 0 Å². The average molecular weight is 348 g/mol. The number of nitrogens with zero attached hydrogens (tertiary/aromatic N) is 1. The highest BCUT2D eigenvalue weighted by molar-refractivity contribution is 5.80. The topological polar surface area (TPSA) is 78.9 Å². The van der Waals surface area contributed by atoms with Gasteiger partial charge in [0.1, 0.15) is 11.8 Å². The van der Waals surface area contributed by atoms with Crippen molar-refractivity contribution in [1.82, 2.24) is 10.2 Å². The van der Waals surface area contributed by atoms with Crippen LogP contribution in [0.15, 0.2) is 24.3 Å². The minimum atomic E-state index is -4.76. The van der Waals surface area contributed by atoms with Crippen molar-refractivity contribution in [3.63, 3.8) is 0 Å². The number of carboxylic acids is 1. The van der Waals surface area contributed by atoms with Gasteiger partial charge < -0.3 is 15.2 Å². The number of aliphatic carboxylic acids is 1. The lowest BCUT2D eigenvalue weighted by Gasteiger charge is -2.22. The first kappa shape index (κ1) is 19.8. The van der Waals surface area contributed by atoms with Crippen LogP contribution in [0.2, 0.25) is 0 Å². The zero-order valence-electron chi connectivity index (χ0n) is 13.4. The highest BCUT2D eigenvalue weighted by Crippen LogP contribution is 2.24. The van der Waals surface area contributed by atoms with Crippen LogP contribution in [0.4, 0.5) is 13.2 Å². The number of halogens is 3. The molecule has 0 spiro atoms. The fraction of sp³-hybridized carbons (Fsp3) is 0.467. The summed E-state index contributed by atoms with van der Waals surface area (Å²) in [6, 6.07) is 3.87. The van der Waals surface area contributed by atoms with Crippen LogP contribution in [0.3, 0.4) is 0 Å². The predicted octanol–water partition coefficient (Wildman–Crippen LogP) is 2.17. The Labute approximate surface area is 137 Å². The molecular weight excluding hydrogens is 329 g/mol. The number of carboxylic acid groups (broad SMARTS) is 1. The van der Waals surface area contributed by atoms with Crippen LogP contribution in [0.1, 0.15) is 25.5 Å². The molecule has 0 aliphatic carbocycles. The van der Waals surface area contributed by atoms with E-state index in [0.717, 1.165) is 12.1 Å². The summed E-state index contributed by atoms with van der Waals surface area (Å²) in [6.45, 7) is 3.00. The second kappa shape index (κ2) is 8.00. The summed E-state index contributed by atoms with van der Waals surface area (Å²) in [5.74, 6) is -1.79. The Balaban J connectivity index is 2.59. The van der Waals surface area contributed by atoms with Gasteiger partial charge in [-0.2, -0.15) is 0 Å². The zero-order valence-corrected chi connectivity index (χ0v) is 13.4. The Kier molecular flexibility index (Phi) is 6.59. The summed E-state index contributed by atoms with van der Waals surface area (Å²) in [4.78, 5) is 24.1. The first-order valence-electron chi connectivity index (χ1n) is 7.07. The first-order valence-corrected chi connectivity index (χ1v) is 7.07. The van der Waals surface area contributed by atoms with Gasteiger partial charge in [-0.15, -0.1) is 13.2 Å². The van der Waals surface area contributed by atoms with E-state index in [1.807, 2.05) is 0 Å². The smallest absolute Gasteiger partial charge is 0.480 e. The predicted molar refractivity (Wildman–Crippen MR) is 79.4 cm³/mol. The van der Waals surface area contributed by atoms with Crippen LogP contribution in [0, 0.1) is 0 Å². The van der Waals surface area contributed by atoms with Gasteiger partial charge in [-0.25, -0.2) is 0 Å². The van der Waals surface area contributed by atoms with Crippen LogP contribution >= 0.6 is 0 Å². The number of likely N-dealkylation sites (N-methyl/N-ethyl adjacent to an activating group) is 1. The number of carbonyl (C=O) groups is 2. The van der Waals surface area contributed by atoms with Crippen LogP contribution in [0.5, 0.6) is 5.75 Å². The number of ether oxygens (including phenoxy) is 1. The van der Waals surface area contributed by atoms with Crippen molar-refractivity contribution < 1.29 is 32.6 Å². The van der Waals surface area contributed by atoms with E-state index in [2.05, 4.69) is 10.1 Å². The normalized spacial score (nSPS) is 14.1. The minimum absolute atomic E-state index is 0.118. The van der Waals surface area contributed by atoms with Crippen molar-refractivity contribution in [2.45, 2.75) is 32.3 Å². The maximum atomic E-state index is 12.1. The Morgan fingerprint density at radius 1 is 1.25 bits per heavy atom. The highest BCUT2D eigenvalue weighted by atomic mass is 19.4. The molecule has 9 heteroatoms. The van der Waals surface area contributed by atoms with E-state index < -0.39 is 30.3 Å². The molecule has 1 amide bonds. The lowest BCUT2D eigenvalue weighted by Crippen LogP contribution is -2.43. The Bertz CT molecular complexity index is 575. The molecule has 1 rings (SSSR count). The largest absolute Gasteiger partial charge is 0.573 e. The van der Waals surface area contributed by atoms with Gasteiger partial charge >= 0.3 is 12.3 Å². The summed E-state index contributed by atoms with van der Waals surface area (Å²) in [7, 11) is 1.51. The highest BCUT2D eigenvalue weighted by Gasteiger charge is 2.31. The van der Waals surface area contributed by atoms with Crippen molar-refractivity contribution >= 4 is 11.9 Å². The number of hydrogen-bond donors (Lipinski definition) is 2. The molecule has 0 saturated carbocycles. The monoisotopic (exact) mass is 348 g/mol. The SMILES string of the molecule is CC(NC(=O)CN(C)C(C)C(=O)O)c1ccc(OC(F)(F)F)cc1. The maximum absolute atomic E-state index is 12.1. The number of amides is 1. The van der Waals surface area contributed by atoms with E-state index in [9.17, 15) is 22.8 Å². The van der Waals surface area contributed by atoms with Gasteiger partial charge in [0.05, 0.1) is 12.6 Å². The molecule has 0 saturated heterocycles. The van der Waals surface area contributed by atoms with Crippen LogP contribution in [-0.4, -0.2) is 47.9 Å². The van der Waals surface area contributed by atoms with Crippen molar-refractivity contribution in [3.05, 3.63) is 29.8 Å². The molecular formula is C15H19F3N2O4. The number of hydrogen-bond acceptors (Lipinski definition) is 4. The van der Waals surface area contributed by atoms with Crippen LogP contribution in [0.25, 0.3) is 0 Å². The summed E-state index contributed by atoms with van der Waals surface area (Å²) >= 11 is 0. The molecule has 0 heterocycles. The van der Waals surface area contributed by atoms with Crippen LogP contribution in [-0.2, 0) is 9.59 Å². The minimum Gasteiger partial charge on any atom is -0.480 e. The molecule has 0 bridgehead atoms. The Morgan fingerprint density at radius 3 is 2.25 bits per heavy atom. The van der Waals surface area contributed by atoms with Gasteiger partial charge in [0.2, 0.25) is 5.91 Å². The van der Waals surface area contributed by atoms with E-state index in [1.165, 1.54) is 31.0 Å². The van der Waals surface area contributed by atoms with Crippen LogP contribution < -0.4 is 10.1 Å². The molecule has 1 aromatic carbocycles. The van der Waals surface area contributed by atoms with Gasteiger partial charge in [-0.05, 0) is 38.6 Å². The molecule has 0 aliphatic heterocycles. The summed E-state index contributed by atoms with van der Waals surface area (Å²) in [5.41, 5.74) is 0.590. The maximum Gasteiger partial charge on any atom is 0.573 e. The quantitative estimate of drug-likeness (QED) is 0.790. The van der Waals surface area contributed by atoms with E-state index in [1.54, 1.807) is 6.92 Å². The molecule has 1 aromatic rings. The molecule has 0 radical (unpaired) electrons. The summed E-state index contributed by atoms with van der Waals surface area (Å²) in [6.07, 6.45) is -4.76. The van der Waals surface area contributed by atoms with Gasteiger partial charge in [-0.1, -0.05) is 12.1 Å². The molecule has 24 heavy (non-hydrogen) atoms. The fourth-order valence-electron chi connectivity index (χ4n) is 1.88. The van der Waals surface area contributed by atoms with E-state index in [-0.39, 0.29) is 12.3 Å². The van der Waals surface area contributed by atoms with Crippen molar-refractivity contribution in [2.75, 3.05) is 13.6 Å². The molecule has 0 aliphatic rings. The molecule has 134 valence electrons. The second-order valence-electron chi connectivity index (χ2n) is 5.34. The summed E-state index contributed by atoms with van der Waals surface area (Å²) < 4.78 is 40.0. The van der Waals surface area contributed by atoms with Gasteiger partial charge in [-0.3, -0.25) is 14.5 Å². The molecule has 2 unspecified atom stereocenters. The van der Waals surface area contributed by atoms with Gasteiger partial charge in [0.25, 0.3) is 0 Å². The molecule has 0 fully saturated rings. The first-order chi connectivity index (χ1) is 11.0. The molecule has 0 aromatic heterocycles. The lowest BCUT2D eigenvalue weighted by molar-refractivity contribution is -0.274. The van der Waals surface area contributed by atoms with Crippen molar-refractivity contribution in [3.8, 4) is 5.75 Å². The molecule has 6 nitrogen and oxygen atoms in total. The van der Waals surface area contributed by atoms with E-state index >= 15 is 0 Å². The standard InChI is InChI=1S/C15H19F3N2O4/c1-9(19-13(21)8-20(3)10(2)14(22)23)11-4-6-12(7-5-11)24-15(16,17)18/h4-7,9-10H,8H2,1-3H3,(H,19,21)(H,22,23). The Hall–Kier alpha value is -2.29. The fourth-order valence-corrected chi connectivity index (χ4v) is 1.88. The number of rotatable bonds is 7. The number of benzene rings is 1. The average Bonchev–Trinajstić information content (AvgIpc) is 2.44. The second-order valence-corrected chi connectivity index (χ2v) is 5.34. The lowest BCUT2D eigenvalue weighted by atomic mass is 10.1. The number of carbonyl (C=O) groups excluding carboxylic acids is 1. The van der Waals surface area contributed by atoms with E-state index in [0.29, 0.717) is 5.56 Å². The zero-order chi connectivity index (χ0) is 18.5. The number of nitrogens with one attached hydrogen (secondary N) is 1. The molecule has 2 N–H and O–H groups in total. The van der Waals surface area contributed by atoms with Gasteiger partial charge in [0.15, 0.2) is 0 Å². The number of alkyl halides is 3. The summed E-state index contributed by atoms with van der Waals surface area (Å²) in [5, 5.41) is 11.5. The third kappa shape index (κ3) is 6.45. The third-order valence-electron chi connectivity index (χ3n) is 3.40. The Morgan fingerprint density at radius 2 is 1.79 bits per heavy atom. The molecule has 2 atom stereocenters. The van der Waals surface area contributed by atoms with Gasteiger partial charge in [0, 0.05) is 0 Å². The third-order valence-corrected chi connectivity index (χ3v) is 3.40. The van der Waals surface area contributed by atoms with E-state index in [4.69, 9.17) is 5.11 Å². The van der Waals surface area contributed by atoms with Crippen molar-refractivity contribution in [1.29, 1.82) is 0 Å².